The third-order valence-electron chi connectivity index (χ3n) is 4.44. The highest BCUT2D eigenvalue weighted by atomic mass is 16.2. The van der Waals surface area contributed by atoms with Gasteiger partial charge in [-0.15, -0.1) is 0 Å². The Balaban J connectivity index is 1.68. The minimum absolute atomic E-state index is 0.0530. The molecule has 0 spiro atoms. The molecule has 1 saturated heterocycles. The number of piperidine rings is 1. The summed E-state index contributed by atoms with van der Waals surface area (Å²) in [5.74, 6) is 0.386. The quantitative estimate of drug-likeness (QED) is 0.733. The van der Waals surface area contributed by atoms with E-state index >= 15 is 0 Å². The highest BCUT2D eigenvalue weighted by Crippen LogP contribution is 2.16. The number of likely N-dealkylation sites (tertiary alicyclic amines) is 1. The molecule has 1 aromatic rings. The number of amides is 3. The normalized spacial score (nSPS) is 17.6. The molecule has 0 bridgehead atoms. The average molecular weight is 349 g/mol. The summed E-state index contributed by atoms with van der Waals surface area (Å²) in [6.45, 7) is 6.70. The monoisotopic (exact) mass is 349 g/mol. The molecule has 0 radical (unpaired) electrons. The molecule has 1 fully saturated rings. The van der Waals surface area contributed by atoms with Crippen molar-refractivity contribution in [3.05, 3.63) is 18.0 Å². The zero-order valence-corrected chi connectivity index (χ0v) is 15.6. The first kappa shape index (κ1) is 19.3. The average Bonchev–Trinajstić information content (AvgIpc) is 3.01. The van der Waals surface area contributed by atoms with Gasteiger partial charge in [0, 0.05) is 39.4 Å². The predicted octanol–water partition coefficient (Wildman–Crippen LogP) is 1.55. The molecular formula is C18H31N5O2. The topological polar surface area (TPSA) is 79.3 Å². The van der Waals surface area contributed by atoms with Gasteiger partial charge in [-0.1, -0.05) is 13.8 Å². The van der Waals surface area contributed by atoms with Crippen molar-refractivity contribution in [2.75, 3.05) is 26.2 Å². The summed E-state index contributed by atoms with van der Waals surface area (Å²) in [5, 5.41) is 10.1. The fraction of sp³-hybridized carbons (Fsp3) is 0.722. The van der Waals surface area contributed by atoms with Gasteiger partial charge in [-0.25, -0.2) is 4.79 Å². The molecule has 7 heteroatoms. The van der Waals surface area contributed by atoms with Gasteiger partial charge in [0.15, 0.2) is 0 Å². The Morgan fingerprint density at radius 1 is 1.36 bits per heavy atom. The first-order valence-electron chi connectivity index (χ1n) is 9.23. The second kappa shape index (κ2) is 9.44. The van der Waals surface area contributed by atoms with Crippen LogP contribution in [0.1, 0.15) is 38.7 Å². The number of hydrogen-bond donors (Lipinski definition) is 2. The highest BCUT2D eigenvalue weighted by Gasteiger charge is 2.28. The summed E-state index contributed by atoms with van der Waals surface area (Å²) in [6.07, 6.45) is 7.38. The maximum atomic E-state index is 12.4. The van der Waals surface area contributed by atoms with E-state index in [0.29, 0.717) is 25.6 Å². The van der Waals surface area contributed by atoms with Crippen molar-refractivity contribution in [1.82, 2.24) is 25.3 Å². The summed E-state index contributed by atoms with van der Waals surface area (Å²) >= 11 is 0. The Hall–Kier alpha value is -2.05. The van der Waals surface area contributed by atoms with Crippen LogP contribution < -0.4 is 10.6 Å². The first-order valence-corrected chi connectivity index (χ1v) is 9.23. The number of carbonyl (C=O) groups excluding carboxylic acids is 2. The number of urea groups is 1. The molecule has 1 aliphatic rings. The highest BCUT2D eigenvalue weighted by molar-refractivity contribution is 5.80. The van der Waals surface area contributed by atoms with Crippen LogP contribution in [-0.2, 0) is 18.3 Å². The number of carbonyl (C=O) groups is 2. The first-order chi connectivity index (χ1) is 12.0. The minimum Gasteiger partial charge on any atom is -0.356 e. The Labute approximate surface area is 150 Å². The lowest BCUT2D eigenvalue weighted by atomic mass is 9.97. The van der Waals surface area contributed by atoms with Gasteiger partial charge >= 0.3 is 6.03 Å². The van der Waals surface area contributed by atoms with Gasteiger partial charge in [-0.05, 0) is 37.2 Å². The molecule has 1 atom stereocenters. The van der Waals surface area contributed by atoms with Crippen LogP contribution in [0.2, 0.25) is 0 Å². The number of aromatic nitrogens is 2. The molecule has 2 rings (SSSR count). The minimum atomic E-state index is -0.100. The van der Waals surface area contributed by atoms with E-state index in [1.807, 2.05) is 19.4 Å². The summed E-state index contributed by atoms with van der Waals surface area (Å²) in [7, 11) is 1.90. The van der Waals surface area contributed by atoms with Crippen LogP contribution in [0.5, 0.6) is 0 Å². The van der Waals surface area contributed by atoms with Crippen LogP contribution in [0.4, 0.5) is 4.79 Å². The van der Waals surface area contributed by atoms with Crippen LogP contribution in [0.25, 0.3) is 0 Å². The third kappa shape index (κ3) is 6.40. The van der Waals surface area contributed by atoms with Gasteiger partial charge < -0.3 is 15.5 Å². The van der Waals surface area contributed by atoms with Crippen LogP contribution in [0, 0.1) is 11.8 Å². The van der Waals surface area contributed by atoms with E-state index in [2.05, 4.69) is 29.6 Å². The van der Waals surface area contributed by atoms with Crippen molar-refractivity contribution in [3.8, 4) is 0 Å². The second-order valence-electron chi connectivity index (χ2n) is 7.28. The molecule has 0 aliphatic carbocycles. The summed E-state index contributed by atoms with van der Waals surface area (Å²) in [5.41, 5.74) is 1.18. The van der Waals surface area contributed by atoms with Crippen molar-refractivity contribution in [3.63, 3.8) is 0 Å². The fourth-order valence-electron chi connectivity index (χ4n) is 3.03. The van der Waals surface area contributed by atoms with Crippen molar-refractivity contribution in [1.29, 1.82) is 0 Å². The largest absolute Gasteiger partial charge is 0.356 e. The van der Waals surface area contributed by atoms with Gasteiger partial charge in [-0.3, -0.25) is 9.48 Å². The summed E-state index contributed by atoms with van der Waals surface area (Å²) in [4.78, 5) is 26.3. The number of hydrogen-bond acceptors (Lipinski definition) is 3. The molecule has 2 N–H and O–H groups in total. The Morgan fingerprint density at radius 3 is 2.84 bits per heavy atom. The van der Waals surface area contributed by atoms with Crippen molar-refractivity contribution in [2.45, 2.75) is 39.5 Å². The summed E-state index contributed by atoms with van der Waals surface area (Å²) < 4.78 is 1.79. The molecule has 3 amide bonds. The maximum Gasteiger partial charge on any atom is 0.317 e. The van der Waals surface area contributed by atoms with Crippen LogP contribution in [0.3, 0.4) is 0 Å². The Morgan fingerprint density at radius 2 is 2.16 bits per heavy atom. The van der Waals surface area contributed by atoms with Crippen LogP contribution in [0.15, 0.2) is 12.4 Å². The molecule has 1 aliphatic heterocycles. The van der Waals surface area contributed by atoms with Crippen LogP contribution in [-0.4, -0.2) is 52.8 Å². The molecule has 0 aromatic carbocycles. The number of rotatable bonds is 7. The van der Waals surface area contributed by atoms with Crippen molar-refractivity contribution in [2.24, 2.45) is 18.9 Å². The molecule has 0 saturated carbocycles. The number of nitrogens with one attached hydrogen (secondary N) is 2. The molecule has 25 heavy (non-hydrogen) atoms. The molecule has 140 valence electrons. The molecule has 1 aromatic heterocycles. The third-order valence-corrected chi connectivity index (χ3v) is 4.44. The molecule has 2 heterocycles. The Kier molecular flexibility index (Phi) is 7.28. The van der Waals surface area contributed by atoms with E-state index < -0.39 is 0 Å². The van der Waals surface area contributed by atoms with Gasteiger partial charge in [-0.2, -0.15) is 5.10 Å². The van der Waals surface area contributed by atoms with E-state index in [-0.39, 0.29) is 17.9 Å². The SMILES string of the molecule is CC(C)CNC(=O)N1CCC[C@@H](C(=O)NCCCc2cnn(C)c2)C1. The fourth-order valence-corrected chi connectivity index (χ4v) is 3.03. The lowest BCUT2D eigenvalue weighted by Gasteiger charge is -2.32. The lowest BCUT2D eigenvalue weighted by Crippen LogP contribution is -2.49. The van der Waals surface area contributed by atoms with Gasteiger partial charge in [0.2, 0.25) is 5.91 Å². The van der Waals surface area contributed by atoms with Crippen molar-refractivity contribution < 1.29 is 9.59 Å². The van der Waals surface area contributed by atoms with Crippen molar-refractivity contribution >= 4 is 11.9 Å². The Bertz CT molecular complexity index is 570. The van der Waals surface area contributed by atoms with Gasteiger partial charge in [0.25, 0.3) is 0 Å². The number of aryl methyl sites for hydroxylation is 2. The summed E-state index contributed by atoms with van der Waals surface area (Å²) in [6, 6.07) is -0.0530. The predicted molar refractivity (Wildman–Crippen MR) is 97.1 cm³/mol. The smallest absolute Gasteiger partial charge is 0.317 e. The van der Waals surface area contributed by atoms with E-state index in [9.17, 15) is 9.59 Å². The molecule has 7 nitrogen and oxygen atoms in total. The van der Waals surface area contributed by atoms with E-state index in [1.54, 1.807) is 9.58 Å². The lowest BCUT2D eigenvalue weighted by molar-refractivity contribution is -0.126. The van der Waals surface area contributed by atoms with E-state index in [0.717, 1.165) is 32.2 Å². The van der Waals surface area contributed by atoms with Gasteiger partial charge in [0.05, 0.1) is 12.1 Å². The number of nitrogens with zero attached hydrogens (tertiary/aromatic N) is 3. The zero-order valence-electron chi connectivity index (χ0n) is 15.6. The van der Waals surface area contributed by atoms with Gasteiger partial charge in [0.1, 0.15) is 0 Å². The molecular weight excluding hydrogens is 318 g/mol. The van der Waals surface area contributed by atoms with E-state index in [1.165, 1.54) is 5.56 Å². The molecule has 0 unspecified atom stereocenters. The van der Waals surface area contributed by atoms with Crippen LogP contribution >= 0.6 is 0 Å². The second-order valence-corrected chi connectivity index (χ2v) is 7.28. The standard InChI is InChI=1S/C18H31N5O2/c1-14(2)10-20-18(25)23-9-5-7-16(13-23)17(24)19-8-4-6-15-11-21-22(3)12-15/h11-12,14,16H,4-10,13H2,1-3H3,(H,19,24)(H,20,25)/t16-/m1/s1. The van der Waals surface area contributed by atoms with E-state index in [4.69, 9.17) is 0 Å². The maximum absolute atomic E-state index is 12.4. The zero-order chi connectivity index (χ0) is 18.2.